The van der Waals surface area contributed by atoms with Gasteiger partial charge in [0.25, 0.3) is 0 Å². The Kier molecular flexibility index (Phi) is 15.2. The average molecular weight is 1100 g/mol. The van der Waals surface area contributed by atoms with Crippen LogP contribution in [0, 0.1) is 28.6 Å². The Morgan fingerprint density at radius 3 is 1.45 bits per heavy atom. The zero-order valence-electron chi connectivity index (χ0n) is 47.4. The number of likely N-dealkylation sites (tertiary alicyclic amines) is 2. The molecule has 6 aliphatic heterocycles. The summed E-state index contributed by atoms with van der Waals surface area (Å²) in [5.41, 5.74) is 15.0. The number of piperidine rings is 1. The highest BCUT2D eigenvalue weighted by molar-refractivity contribution is 5.87. The predicted octanol–water partition coefficient (Wildman–Crippen LogP) is 9.32. The van der Waals surface area contributed by atoms with Gasteiger partial charge >= 0.3 is 12.0 Å². The number of benzene rings is 4. The van der Waals surface area contributed by atoms with Crippen molar-refractivity contribution < 1.29 is 14.3 Å². The topological polar surface area (TPSA) is 157 Å². The van der Waals surface area contributed by atoms with Gasteiger partial charge in [0.05, 0.1) is 48.1 Å². The van der Waals surface area contributed by atoms with E-state index in [0.29, 0.717) is 82.4 Å². The highest BCUT2D eigenvalue weighted by atomic mass is 16.5. The SMILES string of the molecule is C=CC(=O)N1CCN(c2nc(OC[C@@H]3CCCN3C)nc3c2CN(C2c4ccccc4-c4ccccc42)C3)C[C@@H]1CC#N.CN1CCC[C@H]1COc1nc2c(c(N3CCC[C@@H](CC#N)C3)n1)CN(C1c3ccccc3-c3ccccc31)C2. The zero-order valence-corrected chi connectivity index (χ0v) is 47.4. The first kappa shape index (κ1) is 53.6. The molecule has 4 saturated heterocycles. The van der Waals surface area contributed by atoms with E-state index in [1.54, 1.807) is 4.90 Å². The van der Waals surface area contributed by atoms with Crippen LogP contribution in [0.15, 0.2) is 110 Å². The first-order chi connectivity index (χ1) is 40.2. The van der Waals surface area contributed by atoms with E-state index >= 15 is 0 Å². The van der Waals surface area contributed by atoms with Crippen molar-refractivity contribution >= 4 is 17.5 Å². The molecule has 0 saturated carbocycles. The molecule has 14 rings (SSSR count). The molecule has 0 N–H and O–H groups in total. The Morgan fingerprint density at radius 2 is 1.01 bits per heavy atom. The molecule has 0 bridgehead atoms. The molecule has 4 aromatic carbocycles. The Bertz CT molecular complexity index is 3380. The molecule has 0 radical (unpaired) electrons. The van der Waals surface area contributed by atoms with E-state index in [1.165, 1.54) is 69.0 Å². The molecule has 16 nitrogen and oxygen atoms in total. The number of anilines is 2. The fourth-order valence-corrected chi connectivity index (χ4v) is 14.5. The summed E-state index contributed by atoms with van der Waals surface area (Å²) in [6.45, 7) is 13.5. The van der Waals surface area contributed by atoms with Crippen molar-refractivity contribution in [2.45, 2.75) is 108 Å². The Morgan fingerprint density at radius 1 is 0.561 bits per heavy atom. The summed E-state index contributed by atoms with van der Waals surface area (Å²) in [7, 11) is 4.32. The Labute approximate surface area is 482 Å². The van der Waals surface area contributed by atoms with E-state index in [2.05, 4.69) is 159 Å². The molecule has 16 heteroatoms. The summed E-state index contributed by atoms with van der Waals surface area (Å²) < 4.78 is 12.6. The second kappa shape index (κ2) is 23.3. The van der Waals surface area contributed by atoms with Gasteiger partial charge in [-0.2, -0.15) is 30.5 Å². The van der Waals surface area contributed by atoms with Gasteiger partial charge in [0.2, 0.25) is 5.91 Å². The fraction of sp³-hybridized carbons (Fsp3) is 0.439. The third-order valence-electron chi connectivity index (χ3n) is 18.8. The van der Waals surface area contributed by atoms with E-state index in [-0.39, 0.29) is 30.5 Å². The Balaban J connectivity index is 0.000000155. The van der Waals surface area contributed by atoms with Crippen molar-refractivity contribution in [2.24, 2.45) is 5.92 Å². The number of likely N-dealkylation sites (N-methyl/N-ethyl adjacent to an activating group) is 2. The lowest BCUT2D eigenvalue weighted by Gasteiger charge is -2.41. The first-order valence-corrected chi connectivity index (χ1v) is 29.7. The molecule has 82 heavy (non-hydrogen) atoms. The van der Waals surface area contributed by atoms with Gasteiger partial charge in [-0.05, 0) is 122 Å². The normalized spacial score (nSPS) is 22.3. The molecule has 420 valence electrons. The zero-order chi connectivity index (χ0) is 55.8. The average Bonchev–Trinajstić information content (AvgIpc) is 4.37. The third kappa shape index (κ3) is 10.2. The van der Waals surface area contributed by atoms with Crippen LogP contribution in [-0.4, -0.2) is 142 Å². The van der Waals surface area contributed by atoms with Crippen molar-refractivity contribution in [3.8, 4) is 46.4 Å². The van der Waals surface area contributed by atoms with E-state index in [1.807, 2.05) is 0 Å². The summed E-state index contributed by atoms with van der Waals surface area (Å²) in [5, 5.41) is 18.9. The summed E-state index contributed by atoms with van der Waals surface area (Å²) in [5.74, 6) is 2.12. The van der Waals surface area contributed by atoms with Crippen molar-refractivity contribution in [1.29, 1.82) is 10.5 Å². The van der Waals surface area contributed by atoms with E-state index in [0.717, 1.165) is 93.5 Å². The van der Waals surface area contributed by atoms with E-state index < -0.39 is 0 Å². The van der Waals surface area contributed by atoms with Gasteiger partial charge in [-0.1, -0.05) is 104 Å². The number of piperazine rings is 1. The number of nitrogens with zero attached hydrogens (tertiary/aromatic N) is 13. The minimum Gasteiger partial charge on any atom is -0.462 e. The molecule has 2 aromatic heterocycles. The Hall–Kier alpha value is -7.73. The van der Waals surface area contributed by atoms with Crippen LogP contribution in [-0.2, 0) is 31.0 Å². The maximum Gasteiger partial charge on any atom is 0.318 e. The van der Waals surface area contributed by atoms with Crippen LogP contribution in [0.3, 0.4) is 0 Å². The first-order valence-electron chi connectivity index (χ1n) is 29.7. The molecular formula is C66H73N13O3. The van der Waals surface area contributed by atoms with Crippen LogP contribution in [0.5, 0.6) is 12.0 Å². The van der Waals surface area contributed by atoms with Crippen LogP contribution < -0.4 is 19.3 Å². The summed E-state index contributed by atoms with van der Waals surface area (Å²) in [4.78, 5) is 48.8. The highest BCUT2D eigenvalue weighted by Crippen LogP contribution is 2.51. The summed E-state index contributed by atoms with van der Waals surface area (Å²) >= 11 is 0. The van der Waals surface area contributed by atoms with Crippen molar-refractivity contribution in [1.82, 2.24) is 44.4 Å². The van der Waals surface area contributed by atoms with Crippen molar-refractivity contribution in [3.63, 3.8) is 0 Å². The molecule has 6 aromatic rings. The van der Waals surface area contributed by atoms with Gasteiger partial charge in [-0.15, -0.1) is 0 Å². The molecular weight excluding hydrogens is 1020 g/mol. The maximum absolute atomic E-state index is 12.6. The van der Waals surface area contributed by atoms with Gasteiger partial charge in [-0.3, -0.25) is 14.6 Å². The standard InChI is InChI=1S/C34H37N7O2.C32H36N6O/c1-3-31(42)41-18-17-39(19-23(41)14-15-35)33-29-20-40(21-30(29)36-34(37-33)43-22-24-9-8-16-38(24)2)32-27-12-6-4-10-25(27)26-11-5-7-13-28(26)32;1-36-16-7-9-23(36)21-39-32-34-29-20-38(19-28(29)31(35-32)37-17-6-8-22(18-37)14-15-33)30-26-12-4-2-10-24(26)25-11-3-5-13-27(25)30/h3-7,10-13,23-24,32H,1,8-9,14,16-22H2,2H3;2-5,10-13,22-23,30H,6-9,14,16-21H2,1H3/t23-,24-;22-,23-/m00/s1. The molecule has 0 spiro atoms. The highest BCUT2D eigenvalue weighted by Gasteiger charge is 2.42. The molecule has 4 atom stereocenters. The van der Waals surface area contributed by atoms with Gasteiger partial charge in [0, 0.05) is 88.5 Å². The van der Waals surface area contributed by atoms with E-state index in [4.69, 9.17) is 29.4 Å². The van der Waals surface area contributed by atoms with Crippen molar-refractivity contribution in [2.75, 3.05) is 82.9 Å². The maximum atomic E-state index is 12.6. The lowest BCUT2D eigenvalue weighted by molar-refractivity contribution is -0.128. The summed E-state index contributed by atoms with van der Waals surface area (Å²) in [6, 6.07) is 41.5. The lowest BCUT2D eigenvalue weighted by Crippen LogP contribution is -2.55. The minimum atomic E-state index is -0.238. The number of fused-ring (bicyclic) bond motifs is 8. The minimum absolute atomic E-state index is 0.124. The molecule has 4 fully saturated rings. The summed E-state index contributed by atoms with van der Waals surface area (Å²) in [6.07, 6.45) is 9.04. The predicted molar refractivity (Wildman–Crippen MR) is 316 cm³/mol. The van der Waals surface area contributed by atoms with Crippen LogP contribution in [0.2, 0.25) is 0 Å². The molecule has 0 unspecified atom stereocenters. The number of hydrogen-bond donors (Lipinski definition) is 0. The monoisotopic (exact) mass is 1100 g/mol. The van der Waals surface area contributed by atoms with Gasteiger partial charge in [0.1, 0.15) is 24.8 Å². The smallest absolute Gasteiger partial charge is 0.318 e. The number of nitriles is 2. The van der Waals surface area contributed by atoms with Crippen LogP contribution in [0.25, 0.3) is 22.3 Å². The second-order valence-electron chi connectivity index (χ2n) is 23.7. The number of ether oxygens (including phenoxy) is 2. The largest absolute Gasteiger partial charge is 0.462 e. The fourth-order valence-electron chi connectivity index (χ4n) is 14.5. The number of carbonyl (C=O) groups excluding carboxylic acids is 1. The quantitative estimate of drug-likeness (QED) is 0.101. The lowest BCUT2D eigenvalue weighted by atomic mass is 9.95. The third-order valence-corrected chi connectivity index (χ3v) is 18.8. The second-order valence-corrected chi connectivity index (χ2v) is 23.7. The number of rotatable bonds is 13. The van der Waals surface area contributed by atoms with Gasteiger partial charge in [0.15, 0.2) is 0 Å². The van der Waals surface area contributed by atoms with Gasteiger partial charge < -0.3 is 34.0 Å². The molecule has 8 aliphatic rings. The van der Waals surface area contributed by atoms with Crippen LogP contribution in [0.1, 0.15) is 108 Å². The van der Waals surface area contributed by atoms with E-state index in [9.17, 15) is 15.3 Å². The molecule has 1 amide bonds. The number of carbonyl (C=O) groups is 1. The van der Waals surface area contributed by atoms with Crippen LogP contribution >= 0.6 is 0 Å². The molecule has 8 heterocycles. The number of hydrogen-bond acceptors (Lipinski definition) is 15. The van der Waals surface area contributed by atoms with Gasteiger partial charge in [-0.25, -0.2) is 0 Å². The molecule has 2 aliphatic carbocycles. The number of aromatic nitrogens is 4. The van der Waals surface area contributed by atoms with Crippen molar-refractivity contribution in [3.05, 3.63) is 154 Å². The number of amides is 1. The van der Waals surface area contributed by atoms with Crippen LogP contribution in [0.4, 0.5) is 11.6 Å².